The molecule has 1 atom stereocenters. The van der Waals surface area contributed by atoms with E-state index in [4.69, 9.17) is 4.74 Å². The first-order valence-electron chi connectivity index (χ1n) is 9.57. The van der Waals surface area contributed by atoms with E-state index in [1.165, 1.54) is 30.2 Å². The molecule has 4 rings (SSSR count). The van der Waals surface area contributed by atoms with Crippen molar-refractivity contribution in [1.82, 2.24) is 9.88 Å². The summed E-state index contributed by atoms with van der Waals surface area (Å²) in [5, 5.41) is 11.0. The van der Waals surface area contributed by atoms with Gasteiger partial charge in [0, 0.05) is 30.1 Å². The predicted octanol–water partition coefficient (Wildman–Crippen LogP) is 3.85. The van der Waals surface area contributed by atoms with Gasteiger partial charge in [0.15, 0.2) is 0 Å². The van der Waals surface area contributed by atoms with Gasteiger partial charge < -0.3 is 14.7 Å². The summed E-state index contributed by atoms with van der Waals surface area (Å²) in [5.74, 6) is -2.04. The third kappa shape index (κ3) is 3.77. The largest absolute Gasteiger partial charge is 0.507 e. The number of aromatic nitrogens is 1. The molecule has 0 radical (unpaired) electrons. The Morgan fingerprint density at radius 3 is 2.39 bits per heavy atom. The van der Waals surface area contributed by atoms with Crippen molar-refractivity contribution in [2.45, 2.75) is 12.6 Å². The van der Waals surface area contributed by atoms with Gasteiger partial charge in [-0.25, -0.2) is 4.39 Å². The smallest absolute Gasteiger partial charge is 0.295 e. The van der Waals surface area contributed by atoms with E-state index in [1.807, 2.05) is 0 Å². The lowest BCUT2D eigenvalue weighted by Gasteiger charge is -2.25. The Labute approximate surface area is 178 Å². The van der Waals surface area contributed by atoms with Gasteiger partial charge in [0.2, 0.25) is 0 Å². The molecule has 1 saturated heterocycles. The molecule has 0 spiro atoms. The second-order valence-electron chi connectivity index (χ2n) is 7.03. The standard InChI is InChI=1S/C24H19FN2O4/c1-31-17-8-6-16(7-9-17)22(28)20-21(18-4-2-3-5-19(18)25)27(24(30)23(20)29)14-15-10-12-26-13-11-15/h2-13,21,28H,14H2,1H3/b22-20-. The number of carbonyl (C=O) groups excluding carboxylic acids is 2. The SMILES string of the molecule is COc1ccc(/C(O)=C2/C(=O)C(=O)N(Cc3ccncc3)C2c2ccccc2F)cc1. The van der Waals surface area contributed by atoms with Crippen LogP contribution in [-0.4, -0.2) is 33.8 Å². The zero-order chi connectivity index (χ0) is 22.0. The van der Waals surface area contributed by atoms with E-state index in [1.54, 1.807) is 54.9 Å². The summed E-state index contributed by atoms with van der Waals surface area (Å²) in [6, 6.07) is 14.7. The Hall–Kier alpha value is -4.00. The van der Waals surface area contributed by atoms with Crippen LogP contribution in [0.3, 0.4) is 0 Å². The van der Waals surface area contributed by atoms with Crippen molar-refractivity contribution in [3.05, 3.63) is 101 Å². The molecule has 2 heterocycles. The lowest BCUT2D eigenvalue weighted by atomic mass is 9.94. The summed E-state index contributed by atoms with van der Waals surface area (Å²) >= 11 is 0. The molecule has 0 saturated carbocycles. The minimum Gasteiger partial charge on any atom is -0.507 e. The predicted molar refractivity (Wildman–Crippen MR) is 111 cm³/mol. The van der Waals surface area contributed by atoms with Crippen molar-refractivity contribution >= 4 is 17.4 Å². The molecule has 0 aliphatic carbocycles. The molecule has 3 aromatic rings. The van der Waals surface area contributed by atoms with E-state index in [0.717, 1.165) is 5.56 Å². The van der Waals surface area contributed by atoms with Crippen molar-refractivity contribution < 1.29 is 23.8 Å². The maximum Gasteiger partial charge on any atom is 0.295 e. The average molecular weight is 418 g/mol. The molecule has 1 aromatic heterocycles. The number of benzene rings is 2. The van der Waals surface area contributed by atoms with E-state index >= 15 is 0 Å². The molecule has 6 nitrogen and oxygen atoms in total. The van der Waals surface area contributed by atoms with E-state index < -0.39 is 23.5 Å². The van der Waals surface area contributed by atoms with Crippen LogP contribution in [0, 0.1) is 5.82 Å². The molecule has 1 aliphatic heterocycles. The second-order valence-corrected chi connectivity index (χ2v) is 7.03. The van der Waals surface area contributed by atoms with Crippen molar-refractivity contribution in [3.8, 4) is 5.75 Å². The Morgan fingerprint density at radius 2 is 1.74 bits per heavy atom. The average Bonchev–Trinajstić information content (AvgIpc) is 3.04. The van der Waals surface area contributed by atoms with Crippen LogP contribution in [0.15, 0.2) is 78.6 Å². The van der Waals surface area contributed by atoms with Crippen molar-refractivity contribution in [1.29, 1.82) is 0 Å². The molecule has 0 bridgehead atoms. The van der Waals surface area contributed by atoms with Gasteiger partial charge >= 0.3 is 0 Å². The Balaban J connectivity index is 1.86. The number of hydrogen-bond acceptors (Lipinski definition) is 5. The van der Waals surface area contributed by atoms with Gasteiger partial charge in [-0.3, -0.25) is 14.6 Å². The first-order chi connectivity index (χ1) is 15.0. The molecule has 156 valence electrons. The summed E-state index contributed by atoms with van der Waals surface area (Å²) in [5.41, 5.74) is 1.02. The highest BCUT2D eigenvalue weighted by Gasteiger charge is 2.46. The van der Waals surface area contributed by atoms with Gasteiger partial charge in [-0.15, -0.1) is 0 Å². The number of ether oxygens (including phenoxy) is 1. The molecule has 1 aliphatic rings. The number of Topliss-reactive ketones (excluding diaryl/α,β-unsaturated/α-hetero) is 1. The zero-order valence-electron chi connectivity index (χ0n) is 16.7. The monoisotopic (exact) mass is 418 g/mol. The molecule has 1 N–H and O–H groups in total. The number of methoxy groups -OCH3 is 1. The number of amides is 1. The number of aliphatic hydroxyl groups excluding tert-OH is 1. The van der Waals surface area contributed by atoms with Crippen LogP contribution in [0.5, 0.6) is 5.75 Å². The number of ketones is 1. The van der Waals surface area contributed by atoms with Gasteiger partial charge in [0.1, 0.15) is 17.3 Å². The molecular formula is C24H19FN2O4. The van der Waals surface area contributed by atoms with Crippen LogP contribution in [-0.2, 0) is 16.1 Å². The Morgan fingerprint density at radius 1 is 1.06 bits per heavy atom. The van der Waals surface area contributed by atoms with Gasteiger partial charge in [0.05, 0.1) is 18.7 Å². The number of nitrogens with zero attached hydrogens (tertiary/aromatic N) is 2. The van der Waals surface area contributed by atoms with E-state index in [2.05, 4.69) is 4.98 Å². The molecule has 7 heteroatoms. The highest BCUT2D eigenvalue weighted by molar-refractivity contribution is 6.46. The molecule has 1 fully saturated rings. The van der Waals surface area contributed by atoms with Crippen LogP contribution in [0.25, 0.3) is 5.76 Å². The normalized spacial score (nSPS) is 17.7. The summed E-state index contributed by atoms with van der Waals surface area (Å²) in [4.78, 5) is 31.1. The van der Waals surface area contributed by atoms with Crippen molar-refractivity contribution in [2.75, 3.05) is 7.11 Å². The molecule has 2 aromatic carbocycles. The minimum absolute atomic E-state index is 0.0610. The second kappa shape index (κ2) is 8.39. The van der Waals surface area contributed by atoms with Crippen LogP contribution in [0.1, 0.15) is 22.7 Å². The van der Waals surface area contributed by atoms with E-state index in [0.29, 0.717) is 11.3 Å². The first-order valence-corrected chi connectivity index (χ1v) is 9.57. The maximum absolute atomic E-state index is 14.8. The number of hydrogen-bond donors (Lipinski definition) is 1. The fourth-order valence-electron chi connectivity index (χ4n) is 3.65. The number of carbonyl (C=O) groups is 2. The number of aliphatic hydroxyl groups is 1. The van der Waals surface area contributed by atoms with Gasteiger partial charge in [-0.05, 0) is 48.0 Å². The van der Waals surface area contributed by atoms with Gasteiger partial charge in [-0.1, -0.05) is 18.2 Å². The topological polar surface area (TPSA) is 79.7 Å². The summed E-state index contributed by atoms with van der Waals surface area (Å²) < 4.78 is 19.9. The lowest BCUT2D eigenvalue weighted by molar-refractivity contribution is -0.140. The van der Waals surface area contributed by atoms with Crippen LogP contribution < -0.4 is 4.74 Å². The van der Waals surface area contributed by atoms with Crippen LogP contribution in [0.2, 0.25) is 0 Å². The Kier molecular flexibility index (Phi) is 5.49. The third-order valence-corrected chi connectivity index (χ3v) is 5.21. The first kappa shape index (κ1) is 20.3. The van der Waals surface area contributed by atoms with Gasteiger partial charge in [-0.2, -0.15) is 0 Å². The molecule has 31 heavy (non-hydrogen) atoms. The third-order valence-electron chi connectivity index (χ3n) is 5.21. The fourth-order valence-corrected chi connectivity index (χ4v) is 3.65. The number of pyridine rings is 1. The molecule has 1 amide bonds. The highest BCUT2D eigenvalue weighted by Crippen LogP contribution is 2.41. The number of rotatable bonds is 5. The quantitative estimate of drug-likeness (QED) is 0.387. The fraction of sp³-hybridized carbons (Fsp3) is 0.125. The van der Waals surface area contributed by atoms with E-state index in [-0.39, 0.29) is 23.4 Å². The number of likely N-dealkylation sites (tertiary alicyclic amines) is 1. The molecular weight excluding hydrogens is 399 g/mol. The summed E-state index contributed by atoms with van der Waals surface area (Å²) in [6.07, 6.45) is 3.14. The van der Waals surface area contributed by atoms with E-state index in [9.17, 15) is 19.1 Å². The summed E-state index contributed by atoms with van der Waals surface area (Å²) in [7, 11) is 1.51. The van der Waals surface area contributed by atoms with Gasteiger partial charge in [0.25, 0.3) is 11.7 Å². The zero-order valence-corrected chi connectivity index (χ0v) is 16.7. The van der Waals surface area contributed by atoms with Crippen molar-refractivity contribution in [2.24, 2.45) is 0 Å². The number of halogens is 1. The van der Waals surface area contributed by atoms with Crippen LogP contribution in [0.4, 0.5) is 4.39 Å². The highest BCUT2D eigenvalue weighted by atomic mass is 19.1. The maximum atomic E-state index is 14.8. The Bertz CT molecular complexity index is 1160. The summed E-state index contributed by atoms with van der Waals surface area (Å²) in [6.45, 7) is 0.0610. The van der Waals surface area contributed by atoms with Crippen molar-refractivity contribution in [3.63, 3.8) is 0 Å². The molecule has 1 unspecified atom stereocenters. The van der Waals surface area contributed by atoms with Crippen LogP contribution >= 0.6 is 0 Å². The lowest BCUT2D eigenvalue weighted by Crippen LogP contribution is -2.29. The minimum atomic E-state index is -1.07.